The molecule has 27 heavy (non-hydrogen) atoms. The molecule has 0 aliphatic heterocycles. The first-order valence-corrected chi connectivity index (χ1v) is 9.84. The lowest BCUT2D eigenvalue weighted by Crippen LogP contribution is -1.97. The van der Waals surface area contributed by atoms with Crippen LogP contribution in [0.1, 0.15) is 0 Å². The summed E-state index contributed by atoms with van der Waals surface area (Å²) in [5.74, 6) is 2.76. The van der Waals surface area contributed by atoms with Crippen molar-refractivity contribution in [1.29, 1.82) is 0 Å². The number of nitrogens with zero attached hydrogens (tertiary/aromatic N) is 1. The van der Waals surface area contributed by atoms with Gasteiger partial charge in [-0.05, 0) is 60.7 Å². The number of alkyl halides is 1. The van der Waals surface area contributed by atoms with Crippen LogP contribution >= 0.6 is 27.5 Å². The van der Waals surface area contributed by atoms with Gasteiger partial charge in [0.05, 0.1) is 6.61 Å². The quantitative estimate of drug-likeness (QED) is 0.310. The van der Waals surface area contributed by atoms with Gasteiger partial charge in [0, 0.05) is 22.0 Å². The lowest BCUT2D eigenvalue weighted by atomic mass is 10.2. The number of halogens is 2. The summed E-state index contributed by atoms with van der Waals surface area (Å²) in [6.07, 6.45) is 0. The van der Waals surface area contributed by atoms with Crippen LogP contribution in [0, 0.1) is 0 Å². The van der Waals surface area contributed by atoms with Gasteiger partial charge >= 0.3 is 0 Å². The number of hydrogen-bond acceptors (Lipinski definition) is 4. The number of benzene rings is 3. The van der Waals surface area contributed by atoms with Crippen LogP contribution in [0.25, 0.3) is 22.6 Å². The maximum Gasteiger partial charge on any atom is 0.227 e. The summed E-state index contributed by atoms with van der Waals surface area (Å²) in [6.45, 7) is 0.624. The second kappa shape index (κ2) is 8.03. The monoisotopic (exact) mass is 443 g/mol. The maximum absolute atomic E-state index is 5.90. The topological polar surface area (TPSA) is 44.5 Å². The van der Waals surface area contributed by atoms with Gasteiger partial charge in [-0.25, -0.2) is 4.98 Å². The van der Waals surface area contributed by atoms with Crippen molar-refractivity contribution in [3.05, 3.63) is 71.8 Å². The summed E-state index contributed by atoms with van der Waals surface area (Å²) in [4.78, 5) is 4.58. The molecule has 0 radical (unpaired) electrons. The molecule has 3 aromatic carbocycles. The summed E-state index contributed by atoms with van der Waals surface area (Å²) in [5.41, 5.74) is 2.32. The Bertz CT molecular complexity index is 1050. The molecule has 4 rings (SSSR count). The summed E-state index contributed by atoms with van der Waals surface area (Å²) in [6, 6.07) is 20.4. The number of ether oxygens (including phenoxy) is 2. The lowest BCUT2D eigenvalue weighted by molar-refractivity contribution is 0.345. The second-order valence-electron chi connectivity index (χ2n) is 5.77. The fourth-order valence-corrected chi connectivity index (χ4v) is 2.87. The predicted molar refractivity (Wildman–Crippen MR) is 110 cm³/mol. The number of rotatable bonds is 6. The highest BCUT2D eigenvalue weighted by Gasteiger charge is 2.10. The largest absolute Gasteiger partial charge is 0.493 e. The van der Waals surface area contributed by atoms with Crippen LogP contribution < -0.4 is 9.47 Å². The van der Waals surface area contributed by atoms with E-state index in [1.165, 1.54) is 0 Å². The Kier molecular flexibility index (Phi) is 5.32. The van der Waals surface area contributed by atoms with E-state index in [0.717, 1.165) is 22.2 Å². The van der Waals surface area contributed by atoms with Gasteiger partial charge < -0.3 is 13.9 Å². The van der Waals surface area contributed by atoms with Crippen molar-refractivity contribution in [1.82, 2.24) is 4.98 Å². The van der Waals surface area contributed by atoms with Crippen LogP contribution in [0.4, 0.5) is 0 Å². The number of aromatic nitrogens is 1. The maximum atomic E-state index is 5.90. The van der Waals surface area contributed by atoms with Gasteiger partial charge in [-0.1, -0.05) is 27.5 Å². The standard InChI is InChI=1S/C21H15BrClNO3/c22-11-12-25-16-5-1-14(2-6-16)21-24-19-13-18(9-10-20(19)27-21)26-17-7-3-15(23)4-8-17/h1-10,13H,11-12H2. The molecule has 0 saturated heterocycles. The first-order valence-electron chi connectivity index (χ1n) is 8.34. The van der Waals surface area contributed by atoms with Crippen LogP contribution in [-0.2, 0) is 0 Å². The smallest absolute Gasteiger partial charge is 0.227 e. The Labute approximate surface area is 169 Å². The average Bonchev–Trinajstić information content (AvgIpc) is 3.12. The fraction of sp³-hybridized carbons (Fsp3) is 0.0952. The van der Waals surface area contributed by atoms with E-state index in [4.69, 9.17) is 25.5 Å². The lowest BCUT2D eigenvalue weighted by Gasteiger charge is -2.04. The Morgan fingerprint density at radius 1 is 0.889 bits per heavy atom. The fourth-order valence-electron chi connectivity index (χ4n) is 2.58. The molecule has 4 aromatic rings. The molecule has 136 valence electrons. The van der Waals surface area contributed by atoms with Gasteiger partial charge in [0.25, 0.3) is 0 Å². The molecular weight excluding hydrogens is 430 g/mol. The molecule has 0 N–H and O–H groups in total. The Balaban J connectivity index is 1.56. The zero-order chi connectivity index (χ0) is 18.6. The van der Waals surface area contributed by atoms with Crippen LogP contribution in [0.3, 0.4) is 0 Å². The Hall–Kier alpha value is -2.50. The molecule has 0 amide bonds. The van der Waals surface area contributed by atoms with Crippen LogP contribution in [0.15, 0.2) is 71.1 Å². The predicted octanol–water partition coefficient (Wildman–Crippen LogP) is 6.71. The van der Waals surface area contributed by atoms with Gasteiger partial charge in [-0.2, -0.15) is 0 Å². The van der Waals surface area contributed by atoms with Crippen LogP contribution in [0.5, 0.6) is 17.2 Å². The van der Waals surface area contributed by atoms with E-state index in [1.807, 2.05) is 54.6 Å². The second-order valence-corrected chi connectivity index (χ2v) is 7.00. The highest BCUT2D eigenvalue weighted by atomic mass is 79.9. The molecule has 0 aliphatic rings. The van der Waals surface area contributed by atoms with Gasteiger partial charge in [-0.3, -0.25) is 0 Å². The van der Waals surface area contributed by atoms with E-state index in [2.05, 4.69) is 20.9 Å². The van der Waals surface area contributed by atoms with Crippen molar-refractivity contribution in [2.75, 3.05) is 11.9 Å². The molecule has 4 nitrogen and oxygen atoms in total. The molecule has 0 aliphatic carbocycles. The van der Waals surface area contributed by atoms with E-state index in [-0.39, 0.29) is 0 Å². The first-order chi connectivity index (χ1) is 13.2. The van der Waals surface area contributed by atoms with Gasteiger partial charge in [0.2, 0.25) is 5.89 Å². The minimum absolute atomic E-state index is 0.556. The van der Waals surface area contributed by atoms with Crippen molar-refractivity contribution in [3.63, 3.8) is 0 Å². The van der Waals surface area contributed by atoms with Crippen LogP contribution in [-0.4, -0.2) is 16.9 Å². The molecule has 6 heteroatoms. The number of oxazole rings is 1. The van der Waals surface area contributed by atoms with E-state index in [0.29, 0.717) is 34.6 Å². The summed E-state index contributed by atoms with van der Waals surface area (Å²) < 4.78 is 17.3. The number of fused-ring (bicyclic) bond motifs is 1. The molecule has 1 heterocycles. The van der Waals surface area contributed by atoms with Crippen molar-refractivity contribution < 1.29 is 13.9 Å². The van der Waals surface area contributed by atoms with Crippen molar-refractivity contribution in [2.45, 2.75) is 0 Å². The zero-order valence-corrected chi connectivity index (χ0v) is 16.5. The minimum atomic E-state index is 0.556. The zero-order valence-electron chi connectivity index (χ0n) is 14.2. The molecule has 1 aromatic heterocycles. The third kappa shape index (κ3) is 4.26. The molecular formula is C21H15BrClNO3. The van der Waals surface area contributed by atoms with Crippen molar-refractivity contribution in [2.24, 2.45) is 0 Å². The third-order valence-electron chi connectivity index (χ3n) is 3.86. The third-order valence-corrected chi connectivity index (χ3v) is 4.43. The minimum Gasteiger partial charge on any atom is -0.493 e. The molecule has 0 spiro atoms. The molecule has 0 bridgehead atoms. The molecule has 0 fully saturated rings. The Morgan fingerprint density at radius 2 is 1.59 bits per heavy atom. The Morgan fingerprint density at radius 3 is 2.33 bits per heavy atom. The average molecular weight is 445 g/mol. The van der Waals surface area contributed by atoms with Gasteiger partial charge in [-0.15, -0.1) is 0 Å². The summed E-state index contributed by atoms with van der Waals surface area (Å²) in [7, 11) is 0. The highest BCUT2D eigenvalue weighted by molar-refractivity contribution is 9.09. The van der Waals surface area contributed by atoms with Gasteiger partial charge in [0.15, 0.2) is 5.58 Å². The first kappa shape index (κ1) is 17.9. The molecule has 0 unspecified atom stereocenters. The molecule has 0 saturated carbocycles. The van der Waals surface area contributed by atoms with Crippen molar-refractivity contribution in [3.8, 4) is 28.7 Å². The van der Waals surface area contributed by atoms with Gasteiger partial charge in [0.1, 0.15) is 22.8 Å². The van der Waals surface area contributed by atoms with Crippen LogP contribution in [0.2, 0.25) is 5.02 Å². The normalized spacial score (nSPS) is 10.9. The van der Waals surface area contributed by atoms with E-state index < -0.39 is 0 Å². The summed E-state index contributed by atoms with van der Waals surface area (Å²) in [5, 5.41) is 1.46. The van der Waals surface area contributed by atoms with E-state index in [1.54, 1.807) is 12.1 Å². The molecule has 0 atom stereocenters. The summed E-state index contributed by atoms with van der Waals surface area (Å²) >= 11 is 9.24. The van der Waals surface area contributed by atoms with E-state index >= 15 is 0 Å². The SMILES string of the molecule is Clc1ccc(Oc2ccc3oc(-c4ccc(OCCBr)cc4)nc3c2)cc1. The van der Waals surface area contributed by atoms with Crippen molar-refractivity contribution >= 4 is 38.6 Å². The van der Waals surface area contributed by atoms with E-state index in [9.17, 15) is 0 Å². The number of hydrogen-bond donors (Lipinski definition) is 0. The highest BCUT2D eigenvalue weighted by Crippen LogP contribution is 2.30.